The Kier molecular flexibility index (Phi) is 35.4. The molecule has 4 aliphatic heterocycles. The van der Waals surface area contributed by atoms with Crippen molar-refractivity contribution in [3.63, 3.8) is 0 Å². The summed E-state index contributed by atoms with van der Waals surface area (Å²) < 4.78 is 60.6. The van der Waals surface area contributed by atoms with Gasteiger partial charge in [-0.3, -0.25) is 48.2 Å². The normalized spacial score (nSPS) is 21.9. The molecule has 102 heavy (non-hydrogen) atoms. The summed E-state index contributed by atoms with van der Waals surface area (Å²) in [4.78, 5) is 120. The molecule has 4 aliphatic rings. The number of carboxylic acids is 2. The fourth-order valence-electron chi connectivity index (χ4n) is 9.87. The van der Waals surface area contributed by atoms with Crippen molar-refractivity contribution in [2.75, 3.05) is 92.2 Å². The lowest BCUT2D eigenvalue weighted by atomic mass is 9.97. The highest BCUT2D eigenvalue weighted by Gasteiger charge is 2.50. The molecule has 10 atom stereocenters. The first kappa shape index (κ1) is 84.8. The predicted molar refractivity (Wildman–Crippen MR) is 353 cm³/mol. The molecule has 4 heterocycles. The van der Waals surface area contributed by atoms with E-state index in [2.05, 4.69) is 10.6 Å². The van der Waals surface area contributed by atoms with Crippen LogP contribution in [0.15, 0.2) is 60.7 Å². The molecular weight excluding hydrogens is 1350 g/mol. The lowest BCUT2D eigenvalue weighted by molar-refractivity contribution is -0.271. The Morgan fingerprint density at radius 1 is 0.441 bits per heavy atom. The van der Waals surface area contributed by atoms with Crippen molar-refractivity contribution in [2.24, 2.45) is 10.8 Å². The van der Waals surface area contributed by atoms with Gasteiger partial charge in [0.15, 0.2) is 12.2 Å². The predicted octanol–water partition coefficient (Wildman–Crippen LogP) is 0.0749. The molecule has 33 nitrogen and oxygen atoms in total. The van der Waals surface area contributed by atoms with E-state index in [0.717, 1.165) is 22.4 Å². The maximum atomic E-state index is 12.5. The molecule has 568 valence electrons. The number of imide groups is 2. The summed E-state index contributed by atoms with van der Waals surface area (Å²) in [5, 5.41) is 85.2. The second-order valence-electron chi connectivity index (χ2n) is 26.1. The number of nitrogens with zero attached hydrogens (tertiary/aromatic N) is 2. The summed E-state index contributed by atoms with van der Waals surface area (Å²) >= 11 is 0. The zero-order valence-corrected chi connectivity index (χ0v) is 58.3. The molecule has 2 fully saturated rings. The third kappa shape index (κ3) is 28.4. The maximum Gasteiger partial charge on any atom is 0.335 e. The molecule has 10 N–H and O–H groups in total. The molecular formula is C69H98N4O29. The van der Waals surface area contributed by atoms with E-state index in [4.69, 9.17) is 52.1 Å². The van der Waals surface area contributed by atoms with E-state index in [0.29, 0.717) is 129 Å². The van der Waals surface area contributed by atoms with Gasteiger partial charge in [0.25, 0.3) is 23.6 Å². The van der Waals surface area contributed by atoms with Crippen LogP contribution in [0.5, 0.6) is 11.5 Å². The Labute approximate surface area is 590 Å². The number of aliphatic hydroxyl groups excluding tert-OH is 6. The van der Waals surface area contributed by atoms with E-state index >= 15 is 0 Å². The standard InChI is InChI=1S/C37H54N2O15.C32H44N2O14/c1-37(2,3)36(48)52-23-25-22-24(10-11-26(25)53-35-32(45)30(43)31(44)33(54-35)34(46)47)8-7-16-49-18-20-51-21-19-50-17-14-38-27(40)9-5-4-6-15-39-28(41)12-13-29(39)42;1-32(2,3)31(43)46-18-20-17-19(6-7-21(20)47-30-27(40)25(38)26(39)28(48-30)29(41)42)5-4-13-44-15-16-45-14-11-33-22(35)10-12-34-23(36)8-9-24(34)37/h10-13,22,30-33,35,43-45H,4-9,14-21,23H2,1-3H3,(H,38,40)(H,46,47);6-9,17,25-28,30,38-40H,4-5,10-16,18H2,1-3H3,(H,33,35)(H,41,42)/t30-,31-,32+,33-,35?;25-,26-,27+,28-,30+/m00/s1. The monoisotopic (exact) mass is 1450 g/mol. The van der Waals surface area contributed by atoms with Gasteiger partial charge in [0, 0.05) is 87.7 Å². The number of aliphatic hydroxyl groups is 6. The summed E-state index contributed by atoms with van der Waals surface area (Å²) in [6.07, 6.45) is -8.12. The van der Waals surface area contributed by atoms with Crippen LogP contribution in [0.2, 0.25) is 0 Å². The zero-order valence-electron chi connectivity index (χ0n) is 58.3. The number of esters is 2. The number of rotatable bonds is 42. The first-order valence-corrected chi connectivity index (χ1v) is 33.6. The van der Waals surface area contributed by atoms with Crippen LogP contribution in [0.1, 0.15) is 109 Å². The highest BCUT2D eigenvalue weighted by Crippen LogP contribution is 2.32. The minimum absolute atomic E-state index is 0.00198. The molecule has 0 aliphatic carbocycles. The number of benzene rings is 2. The van der Waals surface area contributed by atoms with Gasteiger partial charge in [-0.2, -0.15) is 0 Å². The Morgan fingerprint density at radius 2 is 0.804 bits per heavy atom. The van der Waals surface area contributed by atoms with Crippen molar-refractivity contribution in [3.8, 4) is 11.5 Å². The molecule has 0 bridgehead atoms. The average Bonchev–Trinajstić information content (AvgIpc) is 1.09. The fraction of sp³-hybridized carbons (Fsp3) is 0.623. The van der Waals surface area contributed by atoms with Gasteiger partial charge < -0.3 is 104 Å². The fourth-order valence-corrected chi connectivity index (χ4v) is 9.87. The Hall–Kier alpha value is -7.90. The maximum absolute atomic E-state index is 12.5. The van der Waals surface area contributed by atoms with Gasteiger partial charge in [-0.25, -0.2) is 9.59 Å². The Morgan fingerprint density at radius 3 is 1.19 bits per heavy atom. The Bertz CT molecular complexity index is 3130. The number of carboxylic acid groups (broad SMARTS) is 2. The molecule has 6 rings (SSSR count). The average molecular weight is 1450 g/mol. The van der Waals surface area contributed by atoms with Crippen molar-refractivity contribution in [1.29, 1.82) is 0 Å². The zero-order chi connectivity index (χ0) is 75.1. The van der Waals surface area contributed by atoms with Gasteiger partial charge in [0.05, 0.1) is 63.7 Å². The number of unbranched alkanes of at least 4 members (excludes halogenated alkanes) is 2. The van der Waals surface area contributed by atoms with Gasteiger partial charge in [0.1, 0.15) is 61.3 Å². The quantitative estimate of drug-likeness (QED) is 0.0239. The molecule has 0 aromatic heterocycles. The van der Waals surface area contributed by atoms with Gasteiger partial charge in [-0.1, -0.05) is 18.6 Å². The number of aryl methyl sites for hydroxylation is 2. The van der Waals surface area contributed by atoms with E-state index in [1.807, 2.05) is 0 Å². The number of carbonyl (C=O) groups is 10. The third-order valence-electron chi connectivity index (χ3n) is 15.7. The minimum Gasteiger partial charge on any atom is -0.479 e. The van der Waals surface area contributed by atoms with E-state index in [9.17, 15) is 88.8 Å². The van der Waals surface area contributed by atoms with Crippen LogP contribution >= 0.6 is 0 Å². The first-order valence-electron chi connectivity index (χ1n) is 33.6. The van der Waals surface area contributed by atoms with Crippen LogP contribution in [0.25, 0.3) is 0 Å². The smallest absolute Gasteiger partial charge is 0.335 e. The Balaban J connectivity index is 0.000000370. The SMILES string of the molecule is CC(C)(C)C(=O)OCc1cc(CCCOCCOCCNC(=O)CCN2C(=O)C=CC2=O)ccc1O[C@@H]1O[C@H](C(=O)O)[C@@H](O)[C@H](O)[C@H]1O.CC(C)(C)C(=O)OCc1cc(CCCOCCOCCOCCNC(=O)CCCCCN2C(=O)C=CC2=O)ccc1OC1O[C@H](C(=O)O)[C@@H](O)[C@H](O)[C@H]1O. The van der Waals surface area contributed by atoms with E-state index in [-0.39, 0.29) is 74.5 Å². The number of hydrogen-bond donors (Lipinski definition) is 10. The highest BCUT2D eigenvalue weighted by atomic mass is 16.7. The van der Waals surface area contributed by atoms with Crippen LogP contribution in [0, 0.1) is 10.8 Å². The number of aliphatic carboxylic acids is 2. The van der Waals surface area contributed by atoms with Gasteiger partial charge >= 0.3 is 23.9 Å². The molecule has 33 heteroatoms. The molecule has 6 amide bonds. The number of ether oxygens (including phenoxy) is 11. The van der Waals surface area contributed by atoms with Crippen LogP contribution in [0.4, 0.5) is 0 Å². The first-order chi connectivity index (χ1) is 48.4. The third-order valence-corrected chi connectivity index (χ3v) is 15.7. The second kappa shape index (κ2) is 42.6. The molecule has 0 radical (unpaired) electrons. The topological polar surface area (TPSA) is 465 Å². The molecule has 1 unspecified atom stereocenters. The summed E-state index contributed by atoms with van der Waals surface area (Å²) in [5.41, 5.74) is 0.994. The lowest BCUT2D eigenvalue weighted by Gasteiger charge is -2.38. The lowest BCUT2D eigenvalue weighted by Crippen LogP contribution is -2.61. The number of nitrogens with one attached hydrogen (secondary N) is 2. The minimum atomic E-state index is -1.87. The van der Waals surface area contributed by atoms with E-state index in [1.54, 1.807) is 77.9 Å². The molecule has 2 aromatic rings. The molecule has 2 aromatic carbocycles. The number of hydrogen-bond acceptors (Lipinski definition) is 27. The van der Waals surface area contributed by atoms with Gasteiger partial charge in [-0.15, -0.1) is 0 Å². The number of carbonyl (C=O) groups excluding carboxylic acids is 8. The van der Waals surface area contributed by atoms with E-state index < -0.39 is 108 Å². The van der Waals surface area contributed by atoms with Crippen molar-refractivity contribution in [3.05, 3.63) is 83.0 Å². The largest absolute Gasteiger partial charge is 0.479 e. The summed E-state index contributed by atoms with van der Waals surface area (Å²) in [5.74, 6) is -5.60. The van der Waals surface area contributed by atoms with Gasteiger partial charge in [0.2, 0.25) is 24.4 Å². The molecule has 2 saturated heterocycles. The number of amides is 6. The van der Waals surface area contributed by atoms with Crippen molar-refractivity contribution in [1.82, 2.24) is 20.4 Å². The molecule has 0 saturated carbocycles. The van der Waals surface area contributed by atoms with Crippen LogP contribution < -0.4 is 20.1 Å². The summed E-state index contributed by atoms with van der Waals surface area (Å²) in [6, 6.07) is 10.1. The van der Waals surface area contributed by atoms with Crippen LogP contribution in [-0.2, 0) is 117 Å². The molecule has 0 spiro atoms. The van der Waals surface area contributed by atoms with Crippen molar-refractivity contribution >= 4 is 59.3 Å². The van der Waals surface area contributed by atoms with Gasteiger partial charge in [-0.05, 0) is 115 Å². The summed E-state index contributed by atoms with van der Waals surface area (Å²) in [7, 11) is 0. The van der Waals surface area contributed by atoms with E-state index in [1.165, 1.54) is 29.2 Å². The van der Waals surface area contributed by atoms with Crippen molar-refractivity contribution < 1.29 is 141 Å². The van der Waals surface area contributed by atoms with Crippen molar-refractivity contribution in [2.45, 2.75) is 174 Å². The van der Waals surface area contributed by atoms with Crippen LogP contribution in [-0.4, -0.2) is 264 Å². The van der Waals surface area contributed by atoms with Crippen LogP contribution in [0.3, 0.4) is 0 Å². The highest BCUT2D eigenvalue weighted by molar-refractivity contribution is 6.13. The summed E-state index contributed by atoms with van der Waals surface area (Å²) in [6.45, 7) is 14.4. The second-order valence-corrected chi connectivity index (χ2v) is 26.1.